The van der Waals surface area contributed by atoms with Gasteiger partial charge in [-0.25, -0.2) is 0 Å². The van der Waals surface area contributed by atoms with Crippen LogP contribution in [0.15, 0.2) is 36.4 Å². The van der Waals surface area contributed by atoms with Crippen LogP contribution in [0.1, 0.15) is 35.4 Å². The first-order valence-electron chi connectivity index (χ1n) is 8.10. The van der Waals surface area contributed by atoms with E-state index < -0.39 is 12.3 Å². The molecule has 0 saturated carbocycles. The van der Waals surface area contributed by atoms with E-state index in [1.165, 1.54) is 18.2 Å². The first-order chi connectivity index (χ1) is 12.2. The number of carbonyl (C=O) groups is 1. The number of halogens is 3. The van der Waals surface area contributed by atoms with Gasteiger partial charge < -0.3 is 14.6 Å². The second kappa shape index (κ2) is 6.90. The van der Waals surface area contributed by atoms with Crippen LogP contribution in [0.2, 0.25) is 0 Å². The molecule has 0 heterocycles. The molecular weight excluding hydrogens is 349 g/mol. The molecule has 0 fully saturated rings. The number of alkyl halides is 3. The molecule has 0 spiro atoms. The molecule has 7 heteroatoms. The van der Waals surface area contributed by atoms with Crippen molar-refractivity contribution in [3.63, 3.8) is 0 Å². The SMILES string of the molecule is Cc1cc(OC(F)(F)F)ccc1Oc1ccc2c(c1)CC[C@H]2CC(=O)O. The Labute approximate surface area is 148 Å². The fourth-order valence-electron chi connectivity index (χ4n) is 3.23. The minimum Gasteiger partial charge on any atom is -0.481 e. The van der Waals surface area contributed by atoms with Gasteiger partial charge >= 0.3 is 12.3 Å². The van der Waals surface area contributed by atoms with Gasteiger partial charge in [-0.3, -0.25) is 4.79 Å². The van der Waals surface area contributed by atoms with Crippen molar-refractivity contribution in [2.75, 3.05) is 0 Å². The molecule has 4 nitrogen and oxygen atoms in total. The van der Waals surface area contributed by atoms with E-state index in [1.807, 2.05) is 12.1 Å². The van der Waals surface area contributed by atoms with E-state index in [1.54, 1.807) is 13.0 Å². The number of aliphatic carboxylic acids is 1. The lowest BCUT2D eigenvalue weighted by molar-refractivity contribution is -0.274. The molecule has 1 atom stereocenters. The standard InChI is InChI=1S/C19H17F3O4/c1-11-8-15(26-19(20,21)22)5-7-17(11)25-14-4-6-16-12(9-14)2-3-13(16)10-18(23)24/h4-9,13H,2-3,10H2,1H3,(H,23,24)/t13-/m0/s1. The molecule has 0 unspecified atom stereocenters. The molecule has 138 valence electrons. The number of carboxylic acids is 1. The monoisotopic (exact) mass is 366 g/mol. The van der Waals surface area contributed by atoms with Gasteiger partial charge in [0.05, 0.1) is 6.42 Å². The van der Waals surface area contributed by atoms with Crippen LogP contribution in [0.3, 0.4) is 0 Å². The van der Waals surface area contributed by atoms with E-state index in [9.17, 15) is 18.0 Å². The van der Waals surface area contributed by atoms with Crippen LogP contribution in [0.25, 0.3) is 0 Å². The summed E-state index contributed by atoms with van der Waals surface area (Å²) in [6, 6.07) is 9.36. The van der Waals surface area contributed by atoms with Crippen molar-refractivity contribution in [2.45, 2.75) is 38.5 Å². The lowest BCUT2D eigenvalue weighted by Gasteiger charge is -2.14. The minimum absolute atomic E-state index is 0.0112. The average molecular weight is 366 g/mol. The second-order valence-electron chi connectivity index (χ2n) is 6.27. The van der Waals surface area contributed by atoms with Gasteiger partial charge in [0.1, 0.15) is 17.2 Å². The van der Waals surface area contributed by atoms with Gasteiger partial charge in [-0.2, -0.15) is 0 Å². The van der Waals surface area contributed by atoms with Crippen molar-refractivity contribution in [3.05, 3.63) is 53.1 Å². The molecule has 0 aliphatic heterocycles. The summed E-state index contributed by atoms with van der Waals surface area (Å²) in [6.45, 7) is 1.63. The number of hydrogen-bond donors (Lipinski definition) is 1. The Balaban J connectivity index is 1.75. The first kappa shape index (κ1) is 18.1. The summed E-state index contributed by atoms with van der Waals surface area (Å²) in [6.07, 6.45) is -3.07. The maximum Gasteiger partial charge on any atom is 0.573 e. The highest BCUT2D eigenvalue weighted by Crippen LogP contribution is 2.38. The Morgan fingerprint density at radius 3 is 2.58 bits per heavy atom. The molecule has 3 rings (SSSR count). The normalized spacial score (nSPS) is 16.2. The Bertz CT molecular complexity index is 830. The van der Waals surface area contributed by atoms with Crippen LogP contribution < -0.4 is 9.47 Å². The largest absolute Gasteiger partial charge is 0.573 e. The smallest absolute Gasteiger partial charge is 0.481 e. The molecule has 2 aromatic carbocycles. The maximum absolute atomic E-state index is 12.3. The third kappa shape index (κ3) is 4.28. The summed E-state index contributed by atoms with van der Waals surface area (Å²) in [4.78, 5) is 10.9. The number of aryl methyl sites for hydroxylation is 2. The Kier molecular flexibility index (Phi) is 4.80. The third-order valence-corrected chi connectivity index (χ3v) is 4.35. The van der Waals surface area contributed by atoms with Gasteiger partial charge in [-0.15, -0.1) is 13.2 Å². The van der Waals surface area contributed by atoms with E-state index >= 15 is 0 Å². The predicted octanol–water partition coefficient (Wildman–Crippen LogP) is 5.19. The van der Waals surface area contributed by atoms with Gasteiger partial charge in [0, 0.05) is 0 Å². The zero-order valence-electron chi connectivity index (χ0n) is 14.0. The molecular formula is C19H17F3O4. The zero-order valence-corrected chi connectivity index (χ0v) is 14.0. The van der Waals surface area contributed by atoms with Gasteiger partial charge in [0.2, 0.25) is 0 Å². The van der Waals surface area contributed by atoms with Crippen molar-refractivity contribution in [2.24, 2.45) is 0 Å². The summed E-state index contributed by atoms with van der Waals surface area (Å²) >= 11 is 0. The molecule has 0 aromatic heterocycles. The van der Waals surface area contributed by atoms with Crippen LogP contribution in [0, 0.1) is 6.92 Å². The second-order valence-corrected chi connectivity index (χ2v) is 6.27. The lowest BCUT2D eigenvalue weighted by atomic mass is 9.98. The van der Waals surface area contributed by atoms with Crippen LogP contribution in [0.4, 0.5) is 13.2 Å². The van der Waals surface area contributed by atoms with Crippen LogP contribution in [-0.4, -0.2) is 17.4 Å². The summed E-state index contributed by atoms with van der Waals surface area (Å²) in [5, 5.41) is 8.97. The zero-order chi connectivity index (χ0) is 18.9. The van der Waals surface area contributed by atoms with Gasteiger partial charge in [0.25, 0.3) is 0 Å². The van der Waals surface area contributed by atoms with Crippen molar-refractivity contribution in [1.82, 2.24) is 0 Å². The van der Waals surface area contributed by atoms with Crippen LogP contribution >= 0.6 is 0 Å². The number of hydrogen-bond acceptors (Lipinski definition) is 3. The average Bonchev–Trinajstić information content (AvgIpc) is 2.90. The van der Waals surface area contributed by atoms with E-state index in [4.69, 9.17) is 9.84 Å². The maximum atomic E-state index is 12.3. The quantitative estimate of drug-likeness (QED) is 0.791. The number of carboxylic acid groups (broad SMARTS) is 1. The van der Waals surface area contributed by atoms with Gasteiger partial charge in [-0.1, -0.05) is 6.07 Å². The van der Waals surface area contributed by atoms with E-state index in [-0.39, 0.29) is 18.1 Å². The fraction of sp³-hybridized carbons (Fsp3) is 0.316. The first-order valence-corrected chi connectivity index (χ1v) is 8.10. The topological polar surface area (TPSA) is 55.8 Å². The highest BCUT2D eigenvalue weighted by molar-refractivity contribution is 5.68. The van der Waals surface area contributed by atoms with Crippen molar-refractivity contribution in [3.8, 4) is 17.2 Å². The Morgan fingerprint density at radius 2 is 1.92 bits per heavy atom. The minimum atomic E-state index is -4.73. The van der Waals surface area contributed by atoms with E-state index in [0.29, 0.717) is 17.1 Å². The molecule has 0 amide bonds. The van der Waals surface area contributed by atoms with E-state index in [0.717, 1.165) is 24.0 Å². The molecule has 1 aliphatic rings. The molecule has 1 aliphatic carbocycles. The highest BCUT2D eigenvalue weighted by Gasteiger charge is 2.31. The Morgan fingerprint density at radius 1 is 1.19 bits per heavy atom. The summed E-state index contributed by atoms with van der Waals surface area (Å²) in [5.74, 6) is -0.114. The van der Waals surface area contributed by atoms with Crippen LogP contribution in [0.5, 0.6) is 17.2 Å². The predicted molar refractivity (Wildman–Crippen MR) is 87.7 cm³/mol. The molecule has 0 bridgehead atoms. The van der Waals surface area contributed by atoms with Crippen molar-refractivity contribution >= 4 is 5.97 Å². The highest BCUT2D eigenvalue weighted by atomic mass is 19.4. The molecule has 0 radical (unpaired) electrons. The van der Waals surface area contributed by atoms with Gasteiger partial charge in [-0.05, 0) is 72.7 Å². The van der Waals surface area contributed by atoms with Crippen molar-refractivity contribution in [1.29, 1.82) is 0 Å². The number of ether oxygens (including phenoxy) is 2. The Hall–Kier alpha value is -2.70. The molecule has 0 saturated heterocycles. The summed E-state index contributed by atoms with van der Waals surface area (Å²) < 4.78 is 46.5. The van der Waals surface area contributed by atoms with E-state index in [2.05, 4.69) is 4.74 Å². The molecule has 26 heavy (non-hydrogen) atoms. The summed E-state index contributed by atoms with van der Waals surface area (Å²) in [5.41, 5.74) is 2.57. The number of fused-ring (bicyclic) bond motifs is 1. The molecule has 2 aromatic rings. The molecule has 1 N–H and O–H groups in total. The van der Waals surface area contributed by atoms with Gasteiger partial charge in [0.15, 0.2) is 0 Å². The summed E-state index contributed by atoms with van der Waals surface area (Å²) in [7, 11) is 0. The fourth-order valence-corrected chi connectivity index (χ4v) is 3.23. The lowest BCUT2D eigenvalue weighted by Crippen LogP contribution is -2.17. The number of benzene rings is 2. The third-order valence-electron chi connectivity index (χ3n) is 4.35. The number of rotatable bonds is 5. The van der Waals surface area contributed by atoms with Crippen LogP contribution in [-0.2, 0) is 11.2 Å². The van der Waals surface area contributed by atoms with Crippen molar-refractivity contribution < 1.29 is 32.5 Å².